The number of rotatable bonds is 3. The van der Waals surface area contributed by atoms with Gasteiger partial charge in [0.1, 0.15) is 11.3 Å². The summed E-state index contributed by atoms with van der Waals surface area (Å²) >= 11 is 0. The van der Waals surface area contributed by atoms with Crippen LogP contribution >= 0.6 is 0 Å². The highest BCUT2D eigenvalue weighted by atomic mass is 32.2. The zero-order valence-corrected chi connectivity index (χ0v) is 15.6. The fourth-order valence-electron chi connectivity index (χ4n) is 3.70. The molecule has 0 bridgehead atoms. The van der Waals surface area contributed by atoms with Gasteiger partial charge in [0.25, 0.3) is 0 Å². The van der Waals surface area contributed by atoms with Crippen LogP contribution in [0.15, 0.2) is 23.2 Å². The Morgan fingerprint density at radius 3 is 3.00 bits per heavy atom. The number of aliphatic imine (C=N–C) groups is 1. The Kier molecular flexibility index (Phi) is 4.28. The molecule has 3 rings (SSSR count). The zero-order chi connectivity index (χ0) is 17.5. The molecule has 2 unspecified atom stereocenters. The number of benzene rings is 1. The maximum atomic E-state index is 13.3. The fourth-order valence-corrected chi connectivity index (χ4v) is 5.80. The molecular formula is C18H27N3O2S. The lowest BCUT2D eigenvalue weighted by Gasteiger charge is -2.43. The molecule has 0 aromatic heterocycles. The Morgan fingerprint density at radius 2 is 2.29 bits per heavy atom. The minimum absolute atomic E-state index is 0.232. The van der Waals surface area contributed by atoms with Crippen molar-refractivity contribution in [3.8, 4) is 5.75 Å². The molecular weight excluding hydrogens is 322 g/mol. The average Bonchev–Trinajstić information content (AvgIpc) is 2.68. The number of hydrogen-bond acceptors (Lipinski definition) is 4. The molecule has 0 radical (unpaired) electrons. The SMILES string of the molecule is C=S1(=O)C2CCOc3ccc(CCCC)cc3[C@@]2(C)N=C(N)N1C. The monoisotopic (exact) mass is 349 g/mol. The van der Waals surface area contributed by atoms with Gasteiger partial charge in [0.15, 0.2) is 0 Å². The normalized spacial score (nSPS) is 32.2. The van der Waals surface area contributed by atoms with Gasteiger partial charge in [-0.05, 0) is 49.8 Å². The van der Waals surface area contributed by atoms with Crippen LogP contribution in [0.3, 0.4) is 0 Å². The van der Waals surface area contributed by atoms with Gasteiger partial charge >= 0.3 is 0 Å². The van der Waals surface area contributed by atoms with Crippen LogP contribution in [0.1, 0.15) is 44.2 Å². The highest BCUT2D eigenvalue weighted by Crippen LogP contribution is 2.45. The molecule has 1 aromatic rings. The first kappa shape index (κ1) is 17.1. The molecule has 0 aliphatic carbocycles. The molecule has 24 heavy (non-hydrogen) atoms. The zero-order valence-electron chi connectivity index (χ0n) is 14.7. The van der Waals surface area contributed by atoms with Crippen molar-refractivity contribution in [1.29, 1.82) is 0 Å². The summed E-state index contributed by atoms with van der Waals surface area (Å²) in [5.41, 5.74) is 7.64. The second-order valence-corrected chi connectivity index (χ2v) is 9.36. The van der Waals surface area contributed by atoms with E-state index in [2.05, 4.69) is 24.9 Å². The van der Waals surface area contributed by atoms with Crippen LogP contribution in [-0.2, 0) is 21.7 Å². The molecule has 132 valence electrons. The molecule has 3 atom stereocenters. The van der Waals surface area contributed by atoms with Crippen LogP contribution in [0.5, 0.6) is 5.75 Å². The van der Waals surface area contributed by atoms with Crippen molar-refractivity contribution >= 4 is 21.5 Å². The van der Waals surface area contributed by atoms with E-state index in [4.69, 9.17) is 15.5 Å². The molecule has 6 heteroatoms. The summed E-state index contributed by atoms with van der Waals surface area (Å²) in [6.45, 7) is 4.71. The lowest BCUT2D eigenvalue weighted by molar-refractivity contribution is 0.312. The molecule has 2 aliphatic rings. The minimum atomic E-state index is -2.57. The molecule has 0 saturated heterocycles. The summed E-state index contributed by atoms with van der Waals surface area (Å²) in [5.74, 6) is 5.11. The molecule has 0 spiro atoms. The van der Waals surface area contributed by atoms with Gasteiger partial charge in [-0.2, -0.15) is 0 Å². The Morgan fingerprint density at radius 1 is 1.54 bits per heavy atom. The van der Waals surface area contributed by atoms with Crippen molar-refractivity contribution in [1.82, 2.24) is 4.31 Å². The average molecular weight is 350 g/mol. The third-order valence-corrected chi connectivity index (χ3v) is 7.95. The van der Waals surface area contributed by atoms with E-state index in [-0.39, 0.29) is 11.2 Å². The number of nitrogens with two attached hydrogens (primary N) is 1. The van der Waals surface area contributed by atoms with Crippen molar-refractivity contribution in [2.75, 3.05) is 13.7 Å². The Bertz CT molecular complexity index is 772. The van der Waals surface area contributed by atoms with Crippen LogP contribution < -0.4 is 10.5 Å². The third kappa shape index (κ3) is 2.57. The van der Waals surface area contributed by atoms with E-state index in [0.29, 0.717) is 13.0 Å². The smallest absolute Gasteiger partial charge is 0.203 e. The Hall–Kier alpha value is -1.69. The summed E-state index contributed by atoms with van der Waals surface area (Å²) in [7, 11) is -0.862. The number of ether oxygens (including phenoxy) is 1. The molecule has 0 saturated carbocycles. The summed E-state index contributed by atoms with van der Waals surface area (Å²) in [6.07, 6.45) is 3.94. The number of nitrogens with zero attached hydrogens (tertiary/aromatic N) is 2. The van der Waals surface area contributed by atoms with Gasteiger partial charge in [0.2, 0.25) is 5.96 Å². The number of hydrogen-bond donors (Lipinski definition) is 1. The number of guanidine groups is 1. The predicted octanol–water partition coefficient (Wildman–Crippen LogP) is 2.29. The predicted molar refractivity (Wildman–Crippen MR) is 101 cm³/mol. The van der Waals surface area contributed by atoms with Crippen LogP contribution in [0, 0.1) is 0 Å². The van der Waals surface area contributed by atoms with Gasteiger partial charge in [-0.1, -0.05) is 19.4 Å². The fraction of sp³-hybridized carbons (Fsp3) is 0.556. The highest BCUT2D eigenvalue weighted by molar-refractivity contribution is 7.99. The van der Waals surface area contributed by atoms with Crippen LogP contribution in [-0.4, -0.2) is 39.2 Å². The van der Waals surface area contributed by atoms with Crippen LogP contribution in [0.25, 0.3) is 0 Å². The molecule has 2 heterocycles. The first-order valence-corrected chi connectivity index (χ1v) is 10.3. The lowest BCUT2D eigenvalue weighted by atomic mass is 9.86. The highest BCUT2D eigenvalue weighted by Gasteiger charge is 2.49. The van der Waals surface area contributed by atoms with E-state index in [1.165, 1.54) is 9.87 Å². The second-order valence-electron chi connectivity index (χ2n) is 6.86. The minimum Gasteiger partial charge on any atom is -0.493 e. The van der Waals surface area contributed by atoms with Gasteiger partial charge in [-0.3, -0.25) is 4.31 Å². The lowest BCUT2D eigenvalue weighted by Crippen LogP contribution is -2.56. The van der Waals surface area contributed by atoms with Gasteiger partial charge in [0, 0.05) is 12.6 Å². The largest absolute Gasteiger partial charge is 0.493 e. The quantitative estimate of drug-likeness (QED) is 0.851. The first-order chi connectivity index (χ1) is 11.3. The van der Waals surface area contributed by atoms with Gasteiger partial charge in [-0.25, -0.2) is 9.20 Å². The van der Waals surface area contributed by atoms with E-state index < -0.39 is 15.2 Å². The molecule has 2 N–H and O–H groups in total. The van der Waals surface area contributed by atoms with Crippen molar-refractivity contribution in [2.45, 2.75) is 50.3 Å². The topological polar surface area (TPSA) is 67.9 Å². The maximum absolute atomic E-state index is 13.3. The van der Waals surface area contributed by atoms with E-state index >= 15 is 0 Å². The van der Waals surface area contributed by atoms with Crippen LogP contribution in [0.2, 0.25) is 0 Å². The molecule has 2 aliphatic heterocycles. The maximum Gasteiger partial charge on any atom is 0.203 e. The summed E-state index contributed by atoms with van der Waals surface area (Å²) in [5, 5.41) is -0.232. The van der Waals surface area contributed by atoms with Crippen molar-refractivity contribution in [3.63, 3.8) is 0 Å². The van der Waals surface area contributed by atoms with E-state index in [1.54, 1.807) is 7.05 Å². The molecule has 0 amide bonds. The standard InChI is InChI=1S/C18H27N3O2S/c1-5-6-7-13-8-9-15-14(12-13)18(2)16(10-11-23-15)24(4,22)21(3)17(19)20-18/h8-9,12,16H,4-7,10-11H2,1-3H3,(H2,19,20)/t16?,18-,24?/m1/s1. The molecule has 0 fully saturated rings. The van der Waals surface area contributed by atoms with Crippen molar-refractivity contribution in [3.05, 3.63) is 29.3 Å². The Balaban J connectivity index is 2.17. The second kappa shape index (κ2) is 5.99. The molecule has 1 aromatic carbocycles. The number of fused-ring (bicyclic) bond motifs is 3. The summed E-state index contributed by atoms with van der Waals surface area (Å²) in [6, 6.07) is 6.28. The van der Waals surface area contributed by atoms with Gasteiger partial charge in [-0.15, -0.1) is 0 Å². The van der Waals surface area contributed by atoms with E-state index in [0.717, 1.165) is 30.6 Å². The summed E-state index contributed by atoms with van der Waals surface area (Å²) < 4.78 is 20.8. The van der Waals surface area contributed by atoms with Crippen molar-refractivity contribution in [2.24, 2.45) is 10.7 Å². The van der Waals surface area contributed by atoms with E-state index in [9.17, 15) is 4.21 Å². The van der Waals surface area contributed by atoms with Gasteiger partial charge < -0.3 is 10.5 Å². The number of aryl methyl sites for hydroxylation is 1. The van der Waals surface area contributed by atoms with Gasteiger partial charge in [0.05, 0.1) is 21.6 Å². The van der Waals surface area contributed by atoms with Crippen LogP contribution in [0.4, 0.5) is 0 Å². The first-order valence-electron chi connectivity index (χ1n) is 8.52. The third-order valence-electron chi connectivity index (χ3n) is 5.25. The molecule has 5 nitrogen and oxygen atoms in total. The number of unbranched alkanes of at least 4 members (excludes halogenated alkanes) is 1. The van der Waals surface area contributed by atoms with Crippen molar-refractivity contribution < 1.29 is 8.95 Å². The summed E-state index contributed by atoms with van der Waals surface area (Å²) in [4.78, 5) is 4.76. The van der Waals surface area contributed by atoms with E-state index in [1.807, 2.05) is 13.0 Å². The Labute approximate surface area is 145 Å².